The van der Waals surface area contributed by atoms with Crippen molar-refractivity contribution in [1.82, 2.24) is 0 Å². The Morgan fingerprint density at radius 1 is 2.00 bits per heavy atom. The first-order valence-electron chi connectivity index (χ1n) is 2.17. The molecule has 2 nitrogen and oxygen atoms in total. The molecular weight excluding hydrogens is 148 g/mol. The maximum absolute atomic E-state index is 9.94. The molecule has 0 aliphatic heterocycles. The van der Waals surface area contributed by atoms with Crippen LogP contribution >= 0.6 is 23.4 Å². The number of carboxylic acids is 1. The van der Waals surface area contributed by atoms with Crippen LogP contribution in [-0.4, -0.2) is 21.5 Å². The van der Waals surface area contributed by atoms with Gasteiger partial charge in [0.1, 0.15) is 0 Å². The van der Waals surface area contributed by atoms with Crippen LogP contribution in [0, 0.1) is 0 Å². The van der Waals surface area contributed by atoms with E-state index < -0.39 is 10.7 Å². The van der Waals surface area contributed by atoms with E-state index in [1.54, 1.807) is 0 Å². The standard InChI is InChI=1S/C4H7ClO2S/c1-2-8-3(5)4(6)7/h3H,2H2,1H3,(H,6,7). The van der Waals surface area contributed by atoms with Gasteiger partial charge in [-0.15, -0.1) is 11.8 Å². The van der Waals surface area contributed by atoms with E-state index in [0.29, 0.717) is 0 Å². The zero-order valence-corrected chi connectivity index (χ0v) is 6.00. The summed E-state index contributed by atoms with van der Waals surface area (Å²) in [6, 6.07) is 0. The topological polar surface area (TPSA) is 37.3 Å². The highest BCUT2D eigenvalue weighted by Crippen LogP contribution is 2.13. The number of alkyl halides is 1. The third kappa shape index (κ3) is 3.16. The molecule has 0 aliphatic carbocycles. The lowest BCUT2D eigenvalue weighted by molar-refractivity contribution is -0.134. The van der Waals surface area contributed by atoms with Crippen LogP contribution in [0.25, 0.3) is 0 Å². The zero-order chi connectivity index (χ0) is 6.57. The molecule has 0 amide bonds. The third-order valence-electron chi connectivity index (χ3n) is 0.507. The molecule has 0 aliphatic rings. The summed E-state index contributed by atoms with van der Waals surface area (Å²) in [4.78, 5) is 9.94. The highest BCUT2D eigenvalue weighted by molar-refractivity contribution is 8.01. The molecule has 1 N–H and O–H groups in total. The molecule has 0 aromatic heterocycles. The van der Waals surface area contributed by atoms with Crippen LogP contribution in [0.4, 0.5) is 0 Å². The largest absolute Gasteiger partial charge is 0.480 e. The molecule has 0 aromatic rings. The Balaban J connectivity index is 3.32. The minimum atomic E-state index is -0.960. The lowest BCUT2D eigenvalue weighted by Gasteiger charge is -1.97. The predicted octanol–water partition coefficient (Wildman–Crippen LogP) is 1.39. The van der Waals surface area contributed by atoms with Crippen LogP contribution < -0.4 is 0 Å². The summed E-state index contributed by atoms with van der Waals surface area (Å²) in [5, 5.41) is 8.16. The van der Waals surface area contributed by atoms with E-state index in [0.717, 1.165) is 5.75 Å². The number of carbonyl (C=O) groups is 1. The quantitative estimate of drug-likeness (QED) is 0.625. The Labute approximate surface area is 57.2 Å². The Kier molecular flexibility index (Phi) is 4.09. The zero-order valence-electron chi connectivity index (χ0n) is 4.43. The first kappa shape index (κ1) is 8.11. The van der Waals surface area contributed by atoms with Crippen molar-refractivity contribution < 1.29 is 9.90 Å². The maximum Gasteiger partial charge on any atom is 0.331 e. The van der Waals surface area contributed by atoms with Gasteiger partial charge in [0.15, 0.2) is 4.71 Å². The molecule has 1 unspecified atom stereocenters. The SMILES string of the molecule is CCSC(Cl)C(=O)O. The number of carboxylic acid groups (broad SMARTS) is 1. The van der Waals surface area contributed by atoms with Crippen LogP contribution in [0.3, 0.4) is 0 Å². The predicted molar refractivity (Wildman–Crippen MR) is 35.4 cm³/mol. The van der Waals surface area contributed by atoms with Crippen LogP contribution in [-0.2, 0) is 4.79 Å². The van der Waals surface area contributed by atoms with Gasteiger partial charge in [-0.05, 0) is 5.75 Å². The van der Waals surface area contributed by atoms with Gasteiger partial charge in [-0.2, -0.15) is 0 Å². The molecule has 0 heterocycles. The van der Waals surface area contributed by atoms with E-state index in [1.807, 2.05) is 6.92 Å². The maximum atomic E-state index is 9.94. The molecule has 0 bridgehead atoms. The number of hydrogen-bond donors (Lipinski definition) is 1. The first-order valence-corrected chi connectivity index (χ1v) is 3.65. The molecule has 4 heteroatoms. The van der Waals surface area contributed by atoms with Crippen LogP contribution in [0.1, 0.15) is 6.92 Å². The van der Waals surface area contributed by atoms with Crippen molar-refractivity contribution in [2.75, 3.05) is 5.75 Å². The van der Waals surface area contributed by atoms with Gasteiger partial charge in [0.05, 0.1) is 0 Å². The third-order valence-corrected chi connectivity index (χ3v) is 1.90. The van der Waals surface area contributed by atoms with Gasteiger partial charge in [0.25, 0.3) is 0 Å². The molecule has 0 fully saturated rings. The molecule has 0 saturated heterocycles. The molecule has 0 rings (SSSR count). The van der Waals surface area contributed by atoms with E-state index in [4.69, 9.17) is 16.7 Å². The van der Waals surface area contributed by atoms with Gasteiger partial charge >= 0.3 is 5.97 Å². The van der Waals surface area contributed by atoms with Crippen LogP contribution in [0.5, 0.6) is 0 Å². The summed E-state index contributed by atoms with van der Waals surface area (Å²) in [5.74, 6) is -0.223. The lowest BCUT2D eigenvalue weighted by Crippen LogP contribution is -2.08. The summed E-state index contributed by atoms with van der Waals surface area (Å²) in [5.41, 5.74) is 0. The average molecular weight is 155 g/mol. The molecular formula is C4H7ClO2S. The van der Waals surface area contributed by atoms with Gasteiger partial charge < -0.3 is 5.11 Å². The second kappa shape index (κ2) is 4.04. The fourth-order valence-electron chi connectivity index (χ4n) is 0.218. The summed E-state index contributed by atoms with van der Waals surface area (Å²) in [7, 11) is 0. The summed E-state index contributed by atoms with van der Waals surface area (Å²) in [6.07, 6.45) is 0. The molecule has 0 spiro atoms. The highest BCUT2D eigenvalue weighted by Gasteiger charge is 2.10. The Morgan fingerprint density at radius 2 is 2.50 bits per heavy atom. The Bertz CT molecular complexity index is 86.1. The highest BCUT2D eigenvalue weighted by atomic mass is 35.5. The molecule has 0 aromatic carbocycles. The number of aliphatic carboxylic acids is 1. The van der Waals surface area contributed by atoms with Gasteiger partial charge in [-0.25, -0.2) is 4.79 Å². The summed E-state index contributed by atoms with van der Waals surface area (Å²) in [6.45, 7) is 1.86. The normalized spacial score (nSPS) is 13.2. The molecule has 0 saturated carbocycles. The Hall–Kier alpha value is 0.110. The fraction of sp³-hybridized carbons (Fsp3) is 0.750. The van der Waals surface area contributed by atoms with Crippen molar-refractivity contribution in [3.63, 3.8) is 0 Å². The molecule has 0 radical (unpaired) electrons. The van der Waals surface area contributed by atoms with Crippen molar-refractivity contribution in [3.05, 3.63) is 0 Å². The van der Waals surface area contributed by atoms with Crippen molar-refractivity contribution in [2.45, 2.75) is 11.6 Å². The number of thioether (sulfide) groups is 1. The molecule has 8 heavy (non-hydrogen) atoms. The smallest absolute Gasteiger partial charge is 0.331 e. The number of rotatable bonds is 3. The average Bonchev–Trinajstić information content (AvgIpc) is 1.67. The van der Waals surface area contributed by atoms with E-state index in [1.165, 1.54) is 11.8 Å². The first-order chi connectivity index (χ1) is 3.68. The van der Waals surface area contributed by atoms with Gasteiger partial charge in [-0.1, -0.05) is 18.5 Å². The van der Waals surface area contributed by atoms with Crippen LogP contribution in [0.2, 0.25) is 0 Å². The second-order valence-electron chi connectivity index (χ2n) is 1.11. The van der Waals surface area contributed by atoms with E-state index in [9.17, 15) is 4.79 Å². The van der Waals surface area contributed by atoms with E-state index >= 15 is 0 Å². The summed E-state index contributed by atoms with van der Waals surface area (Å²) >= 11 is 6.48. The van der Waals surface area contributed by atoms with E-state index in [-0.39, 0.29) is 0 Å². The lowest BCUT2D eigenvalue weighted by atomic mass is 10.8. The van der Waals surface area contributed by atoms with Crippen molar-refractivity contribution >= 4 is 29.3 Å². The Morgan fingerprint density at radius 3 is 2.62 bits per heavy atom. The van der Waals surface area contributed by atoms with Gasteiger partial charge in [-0.3, -0.25) is 0 Å². The minimum absolute atomic E-state index is 0.737. The van der Waals surface area contributed by atoms with Gasteiger partial charge in [0, 0.05) is 0 Å². The van der Waals surface area contributed by atoms with Gasteiger partial charge in [0.2, 0.25) is 0 Å². The number of halogens is 1. The minimum Gasteiger partial charge on any atom is -0.480 e. The fourth-order valence-corrected chi connectivity index (χ4v) is 1.03. The molecule has 48 valence electrons. The van der Waals surface area contributed by atoms with Crippen LogP contribution in [0.15, 0.2) is 0 Å². The second-order valence-corrected chi connectivity index (χ2v) is 3.19. The summed E-state index contributed by atoms with van der Waals surface area (Å²) < 4.78 is -0.778. The van der Waals surface area contributed by atoms with E-state index in [2.05, 4.69) is 0 Å². The number of hydrogen-bond acceptors (Lipinski definition) is 2. The van der Waals surface area contributed by atoms with Crippen molar-refractivity contribution in [3.8, 4) is 0 Å². The van der Waals surface area contributed by atoms with Crippen molar-refractivity contribution in [1.29, 1.82) is 0 Å². The monoisotopic (exact) mass is 154 g/mol. The van der Waals surface area contributed by atoms with Crippen molar-refractivity contribution in [2.24, 2.45) is 0 Å². The molecule has 1 atom stereocenters.